The van der Waals surface area contributed by atoms with Crippen LogP contribution in [0.2, 0.25) is 0 Å². The zero-order chi connectivity index (χ0) is 16.8. The Bertz CT molecular complexity index is 615. The van der Waals surface area contributed by atoms with Crippen molar-refractivity contribution in [3.63, 3.8) is 0 Å². The number of nitriles is 1. The maximum Gasteiger partial charge on any atom is 0.317 e. The highest BCUT2D eigenvalue weighted by molar-refractivity contribution is 7.98. The molecule has 128 valence electrons. The van der Waals surface area contributed by atoms with Crippen LogP contribution in [0.3, 0.4) is 0 Å². The van der Waals surface area contributed by atoms with Crippen molar-refractivity contribution in [2.45, 2.75) is 24.6 Å². The van der Waals surface area contributed by atoms with Gasteiger partial charge in [0.1, 0.15) is 0 Å². The molecule has 6 heteroatoms. The first-order valence-corrected chi connectivity index (χ1v) is 9.76. The fourth-order valence-electron chi connectivity index (χ4n) is 3.45. The van der Waals surface area contributed by atoms with Crippen LogP contribution >= 0.6 is 11.8 Å². The molecule has 0 aromatic heterocycles. The molecule has 1 N–H and O–H groups in total. The highest BCUT2D eigenvalue weighted by Gasteiger charge is 2.32. The number of fused-ring (bicyclic) bond motifs is 1. The molecule has 0 aliphatic carbocycles. The van der Waals surface area contributed by atoms with Crippen LogP contribution in [0.5, 0.6) is 0 Å². The number of rotatable bonds is 5. The molecule has 0 bridgehead atoms. The molecule has 0 radical (unpaired) electrons. The van der Waals surface area contributed by atoms with Crippen molar-refractivity contribution >= 4 is 17.8 Å². The molecular formula is C18H24N4OS. The molecule has 24 heavy (non-hydrogen) atoms. The molecule has 5 nitrogen and oxygen atoms in total. The van der Waals surface area contributed by atoms with Gasteiger partial charge in [-0.25, -0.2) is 4.79 Å². The fraction of sp³-hybridized carbons (Fsp3) is 0.556. The highest BCUT2D eigenvalue weighted by atomic mass is 32.2. The number of amides is 2. The maximum atomic E-state index is 12.3. The Hall–Kier alpha value is -1.71. The fourth-order valence-corrected chi connectivity index (χ4v) is 4.32. The molecule has 0 spiro atoms. The third kappa shape index (κ3) is 4.22. The smallest absolute Gasteiger partial charge is 0.317 e. The topological polar surface area (TPSA) is 59.4 Å². The van der Waals surface area contributed by atoms with Gasteiger partial charge in [-0.15, -0.1) is 0 Å². The molecule has 2 aliphatic rings. The van der Waals surface area contributed by atoms with Crippen molar-refractivity contribution in [2.75, 3.05) is 38.5 Å². The second-order valence-corrected chi connectivity index (χ2v) is 7.44. The van der Waals surface area contributed by atoms with Crippen LogP contribution in [0.15, 0.2) is 24.3 Å². The van der Waals surface area contributed by atoms with E-state index in [4.69, 9.17) is 5.26 Å². The van der Waals surface area contributed by atoms with Crippen molar-refractivity contribution in [2.24, 2.45) is 0 Å². The quantitative estimate of drug-likeness (QED) is 0.833. The minimum atomic E-state index is 0.0691. The zero-order valence-corrected chi connectivity index (χ0v) is 14.7. The predicted octanol–water partition coefficient (Wildman–Crippen LogP) is 2.28. The van der Waals surface area contributed by atoms with E-state index in [0.717, 1.165) is 42.3 Å². The molecule has 1 aromatic carbocycles. The number of hydrogen-bond acceptors (Lipinski definition) is 4. The number of piperazine rings is 1. The van der Waals surface area contributed by atoms with E-state index in [2.05, 4.69) is 16.3 Å². The van der Waals surface area contributed by atoms with Gasteiger partial charge in [-0.1, -0.05) is 18.2 Å². The summed E-state index contributed by atoms with van der Waals surface area (Å²) in [5.74, 6) is 1.66. The number of hydrogen-bond donors (Lipinski definition) is 1. The Labute approximate surface area is 148 Å². The van der Waals surface area contributed by atoms with Gasteiger partial charge in [0.05, 0.1) is 11.6 Å². The molecule has 1 aromatic rings. The molecule has 2 aliphatic heterocycles. The largest absolute Gasteiger partial charge is 0.337 e. The summed E-state index contributed by atoms with van der Waals surface area (Å²) < 4.78 is 0. The van der Waals surface area contributed by atoms with Gasteiger partial charge in [-0.2, -0.15) is 17.0 Å². The van der Waals surface area contributed by atoms with Crippen LogP contribution in [-0.4, -0.2) is 60.3 Å². The third-order valence-corrected chi connectivity index (χ3v) is 5.80. The zero-order valence-electron chi connectivity index (χ0n) is 13.9. The molecule has 2 amide bonds. The maximum absolute atomic E-state index is 12.3. The van der Waals surface area contributed by atoms with Crippen LogP contribution in [0.4, 0.5) is 4.79 Å². The summed E-state index contributed by atoms with van der Waals surface area (Å²) in [7, 11) is 0. The van der Waals surface area contributed by atoms with Crippen molar-refractivity contribution in [3.05, 3.63) is 35.4 Å². The Morgan fingerprint density at radius 3 is 3.08 bits per heavy atom. The Morgan fingerprint density at radius 2 is 2.21 bits per heavy atom. The first kappa shape index (κ1) is 17.1. The van der Waals surface area contributed by atoms with E-state index in [1.54, 1.807) is 11.8 Å². The third-order valence-electron chi connectivity index (χ3n) is 4.79. The summed E-state index contributed by atoms with van der Waals surface area (Å²) in [6.45, 7) is 4.58. The average Bonchev–Trinajstić information content (AvgIpc) is 3.09. The van der Waals surface area contributed by atoms with E-state index in [1.165, 1.54) is 19.4 Å². The number of carbonyl (C=O) groups is 1. The monoisotopic (exact) mass is 344 g/mol. The van der Waals surface area contributed by atoms with Crippen LogP contribution in [0, 0.1) is 11.3 Å². The summed E-state index contributed by atoms with van der Waals surface area (Å²) in [5.41, 5.74) is 1.80. The highest BCUT2D eigenvalue weighted by Crippen LogP contribution is 2.21. The molecule has 0 unspecified atom stereocenters. The first-order valence-electron chi connectivity index (χ1n) is 8.60. The second-order valence-electron chi connectivity index (χ2n) is 6.33. The number of benzene rings is 1. The lowest BCUT2D eigenvalue weighted by Crippen LogP contribution is -2.54. The van der Waals surface area contributed by atoms with Gasteiger partial charge >= 0.3 is 6.03 Å². The summed E-state index contributed by atoms with van der Waals surface area (Å²) in [6.07, 6.45) is 2.48. The Morgan fingerprint density at radius 1 is 1.33 bits per heavy atom. The molecule has 2 saturated heterocycles. The molecule has 1 atom stereocenters. The number of nitrogens with zero attached hydrogens (tertiary/aromatic N) is 3. The van der Waals surface area contributed by atoms with Crippen molar-refractivity contribution < 1.29 is 4.79 Å². The van der Waals surface area contributed by atoms with Gasteiger partial charge in [0.2, 0.25) is 0 Å². The van der Waals surface area contributed by atoms with Gasteiger partial charge in [0, 0.05) is 43.7 Å². The van der Waals surface area contributed by atoms with E-state index in [1.807, 2.05) is 29.2 Å². The van der Waals surface area contributed by atoms with E-state index < -0.39 is 0 Å². The van der Waals surface area contributed by atoms with Crippen molar-refractivity contribution in [1.82, 2.24) is 15.1 Å². The van der Waals surface area contributed by atoms with E-state index in [-0.39, 0.29) is 6.03 Å². The molecular weight excluding hydrogens is 320 g/mol. The van der Waals surface area contributed by atoms with Crippen LogP contribution < -0.4 is 5.32 Å². The molecule has 3 rings (SSSR count). The van der Waals surface area contributed by atoms with Gasteiger partial charge < -0.3 is 10.2 Å². The van der Waals surface area contributed by atoms with Crippen LogP contribution in [0.25, 0.3) is 0 Å². The lowest BCUT2D eigenvalue weighted by atomic mass is 10.1. The summed E-state index contributed by atoms with van der Waals surface area (Å²) in [4.78, 5) is 16.7. The van der Waals surface area contributed by atoms with Crippen molar-refractivity contribution in [1.29, 1.82) is 5.26 Å². The minimum Gasteiger partial charge on any atom is -0.337 e. The summed E-state index contributed by atoms with van der Waals surface area (Å²) in [6, 6.07) is 10.5. The van der Waals surface area contributed by atoms with E-state index in [9.17, 15) is 4.79 Å². The number of urea groups is 1. The minimum absolute atomic E-state index is 0.0691. The summed E-state index contributed by atoms with van der Waals surface area (Å²) >= 11 is 1.75. The molecule has 2 fully saturated rings. The second kappa shape index (κ2) is 8.41. The predicted molar refractivity (Wildman–Crippen MR) is 96.9 cm³/mol. The lowest BCUT2D eigenvalue weighted by Gasteiger charge is -2.37. The molecule has 0 saturated carbocycles. The van der Waals surface area contributed by atoms with Gasteiger partial charge in [-0.05, 0) is 31.0 Å². The van der Waals surface area contributed by atoms with Crippen molar-refractivity contribution in [3.8, 4) is 6.07 Å². The lowest BCUT2D eigenvalue weighted by molar-refractivity contribution is 0.118. The number of thioether (sulfide) groups is 1. The summed E-state index contributed by atoms with van der Waals surface area (Å²) in [5, 5.41) is 12.1. The standard InChI is InChI=1S/C18H24N4OS/c19-12-15-4-1-2-5-16(15)14-24-11-7-20-18(23)22-10-9-21-8-3-6-17(21)13-22/h1-2,4-5,17H,3,6-11,13-14H2,(H,20,23)/t17-/m1/s1. The van der Waals surface area contributed by atoms with Gasteiger partial charge in [-0.3, -0.25) is 4.90 Å². The van der Waals surface area contributed by atoms with Crippen LogP contribution in [-0.2, 0) is 5.75 Å². The average molecular weight is 344 g/mol. The first-order chi connectivity index (χ1) is 11.8. The SMILES string of the molecule is N#Cc1ccccc1CSCCNC(=O)N1CCN2CCC[C@@H]2C1. The van der Waals surface area contributed by atoms with Gasteiger partial charge in [0.15, 0.2) is 0 Å². The van der Waals surface area contributed by atoms with Crippen LogP contribution in [0.1, 0.15) is 24.0 Å². The normalized spacial score (nSPS) is 20.5. The van der Waals surface area contributed by atoms with E-state index >= 15 is 0 Å². The Kier molecular flexibility index (Phi) is 6.00. The number of nitrogens with one attached hydrogen (secondary N) is 1. The molecule has 2 heterocycles. The van der Waals surface area contributed by atoms with E-state index in [0.29, 0.717) is 12.6 Å². The number of carbonyl (C=O) groups excluding carboxylic acids is 1. The Balaban J connectivity index is 1.34. The van der Waals surface area contributed by atoms with Gasteiger partial charge in [0.25, 0.3) is 0 Å².